The van der Waals surface area contributed by atoms with E-state index in [0.29, 0.717) is 21.7 Å². The molecular formula is C17H18ClNO4S. The highest BCUT2D eigenvalue weighted by Gasteiger charge is 2.24. The molecule has 2 aromatic carbocycles. The van der Waals surface area contributed by atoms with Gasteiger partial charge in [0.1, 0.15) is 0 Å². The number of hydrogen-bond acceptors (Lipinski definition) is 4. The van der Waals surface area contributed by atoms with E-state index in [9.17, 15) is 13.2 Å². The van der Waals surface area contributed by atoms with Crippen LogP contribution in [0.5, 0.6) is 0 Å². The Hall–Kier alpha value is -1.89. The van der Waals surface area contributed by atoms with E-state index >= 15 is 0 Å². The van der Waals surface area contributed by atoms with Gasteiger partial charge in [0.15, 0.2) is 0 Å². The van der Waals surface area contributed by atoms with Crippen LogP contribution in [0.4, 0.5) is 0 Å². The molecule has 7 heteroatoms. The molecule has 0 aromatic heterocycles. The number of sulfonamides is 1. The molecule has 0 saturated carbocycles. The van der Waals surface area contributed by atoms with E-state index in [1.807, 2.05) is 0 Å². The predicted molar refractivity (Wildman–Crippen MR) is 92.6 cm³/mol. The lowest BCUT2D eigenvalue weighted by molar-refractivity contribution is 0.0600. The molecule has 0 atom stereocenters. The second kappa shape index (κ2) is 7.34. The normalized spacial score (nSPS) is 11.5. The third kappa shape index (κ3) is 3.77. The van der Waals surface area contributed by atoms with Crippen LogP contribution >= 0.6 is 11.6 Å². The maximum atomic E-state index is 12.8. The molecule has 0 aliphatic rings. The molecule has 2 aromatic rings. The Morgan fingerprint density at radius 1 is 1.21 bits per heavy atom. The fraction of sp³-hybridized carbons (Fsp3) is 0.235. The van der Waals surface area contributed by atoms with Crippen LogP contribution in [-0.4, -0.2) is 32.8 Å². The molecule has 0 fully saturated rings. The van der Waals surface area contributed by atoms with Crippen molar-refractivity contribution in [3.8, 4) is 0 Å². The molecule has 0 N–H and O–H groups in total. The zero-order valence-electron chi connectivity index (χ0n) is 13.6. The summed E-state index contributed by atoms with van der Waals surface area (Å²) in [6.45, 7) is 1.79. The van der Waals surface area contributed by atoms with Gasteiger partial charge in [-0.2, -0.15) is 4.31 Å². The molecular weight excluding hydrogens is 350 g/mol. The lowest BCUT2D eigenvalue weighted by atomic mass is 10.1. The Labute approximate surface area is 146 Å². The topological polar surface area (TPSA) is 63.7 Å². The van der Waals surface area contributed by atoms with Gasteiger partial charge in [0.25, 0.3) is 0 Å². The monoisotopic (exact) mass is 367 g/mol. The van der Waals surface area contributed by atoms with Crippen LogP contribution in [0.15, 0.2) is 47.4 Å². The van der Waals surface area contributed by atoms with E-state index < -0.39 is 16.0 Å². The van der Waals surface area contributed by atoms with Gasteiger partial charge in [-0.1, -0.05) is 29.8 Å². The van der Waals surface area contributed by atoms with Crippen molar-refractivity contribution in [2.45, 2.75) is 18.4 Å². The van der Waals surface area contributed by atoms with Gasteiger partial charge in [-0.25, -0.2) is 13.2 Å². The second-order valence-electron chi connectivity index (χ2n) is 5.32. The number of aryl methyl sites for hydroxylation is 1. The van der Waals surface area contributed by atoms with Gasteiger partial charge in [0, 0.05) is 18.6 Å². The maximum absolute atomic E-state index is 12.8. The minimum Gasteiger partial charge on any atom is -0.465 e. The Balaban J connectivity index is 2.33. The van der Waals surface area contributed by atoms with Crippen LogP contribution in [0.2, 0.25) is 5.02 Å². The van der Waals surface area contributed by atoms with Crippen molar-refractivity contribution in [3.05, 3.63) is 64.2 Å². The Morgan fingerprint density at radius 2 is 1.88 bits per heavy atom. The first-order valence-corrected chi connectivity index (χ1v) is 8.98. The molecule has 0 amide bonds. The smallest absolute Gasteiger partial charge is 0.337 e. The van der Waals surface area contributed by atoms with E-state index in [-0.39, 0.29) is 11.4 Å². The Kier molecular flexibility index (Phi) is 5.64. The van der Waals surface area contributed by atoms with Crippen LogP contribution < -0.4 is 0 Å². The highest BCUT2D eigenvalue weighted by atomic mass is 35.5. The van der Waals surface area contributed by atoms with E-state index in [1.54, 1.807) is 31.2 Å². The van der Waals surface area contributed by atoms with Crippen molar-refractivity contribution < 1.29 is 17.9 Å². The number of carbonyl (C=O) groups is 1. The Morgan fingerprint density at radius 3 is 2.46 bits per heavy atom. The average molecular weight is 368 g/mol. The summed E-state index contributed by atoms with van der Waals surface area (Å²) in [6, 6.07) is 11.4. The number of carbonyl (C=O) groups excluding carboxylic acids is 1. The first-order valence-electron chi connectivity index (χ1n) is 7.16. The number of rotatable bonds is 5. The van der Waals surface area contributed by atoms with Gasteiger partial charge < -0.3 is 4.74 Å². The second-order valence-corrected chi connectivity index (χ2v) is 7.74. The summed E-state index contributed by atoms with van der Waals surface area (Å²) in [5.74, 6) is -0.508. The lowest BCUT2D eigenvalue weighted by Crippen LogP contribution is -2.27. The van der Waals surface area contributed by atoms with E-state index in [4.69, 9.17) is 11.6 Å². The fourth-order valence-corrected chi connectivity index (χ4v) is 3.85. The number of benzene rings is 2. The molecule has 2 rings (SSSR count). The molecule has 0 heterocycles. The molecule has 0 saturated heterocycles. The zero-order valence-corrected chi connectivity index (χ0v) is 15.2. The van der Waals surface area contributed by atoms with Gasteiger partial charge in [-0.3, -0.25) is 0 Å². The van der Waals surface area contributed by atoms with Gasteiger partial charge in [-0.15, -0.1) is 0 Å². The van der Waals surface area contributed by atoms with Crippen LogP contribution in [0.1, 0.15) is 21.5 Å². The molecule has 0 spiro atoms. The number of hydrogen-bond donors (Lipinski definition) is 0. The standard InChI is InChI=1S/C17H18ClNO4S/c1-12-10-13(17(20)23-3)8-9-16(12)24(21,22)19(2)11-14-6-4-5-7-15(14)18/h4-10H,11H2,1-3H3. The average Bonchev–Trinajstić information content (AvgIpc) is 2.55. The van der Waals surface area contributed by atoms with Crippen molar-refractivity contribution in [3.63, 3.8) is 0 Å². The highest BCUT2D eigenvalue weighted by molar-refractivity contribution is 7.89. The summed E-state index contributed by atoms with van der Waals surface area (Å²) in [5, 5.41) is 0.511. The number of halogens is 1. The van der Waals surface area contributed by atoms with Crippen LogP contribution in [0.25, 0.3) is 0 Å². The molecule has 0 aliphatic heterocycles. The number of esters is 1. The van der Waals surface area contributed by atoms with E-state index in [1.165, 1.54) is 36.7 Å². The molecule has 0 bridgehead atoms. The highest BCUT2D eigenvalue weighted by Crippen LogP contribution is 2.24. The molecule has 128 valence electrons. The minimum absolute atomic E-state index is 0.143. The molecule has 24 heavy (non-hydrogen) atoms. The number of ether oxygens (including phenoxy) is 1. The van der Waals surface area contributed by atoms with Crippen molar-refractivity contribution >= 4 is 27.6 Å². The zero-order chi connectivity index (χ0) is 17.9. The maximum Gasteiger partial charge on any atom is 0.337 e. The first-order chi connectivity index (χ1) is 11.3. The summed E-state index contributed by atoms with van der Waals surface area (Å²) in [5.41, 5.74) is 1.50. The van der Waals surface area contributed by atoms with E-state index in [0.717, 1.165) is 0 Å². The summed E-state index contributed by atoms with van der Waals surface area (Å²) < 4.78 is 31.4. The van der Waals surface area contributed by atoms with Gasteiger partial charge >= 0.3 is 5.97 Å². The van der Waals surface area contributed by atoms with Gasteiger partial charge in [0.05, 0.1) is 17.6 Å². The fourth-order valence-electron chi connectivity index (χ4n) is 2.30. The summed E-state index contributed by atoms with van der Waals surface area (Å²) in [7, 11) is -0.941. The third-order valence-corrected chi connectivity index (χ3v) is 5.97. The van der Waals surface area contributed by atoms with Crippen LogP contribution in [0, 0.1) is 6.92 Å². The molecule has 0 unspecified atom stereocenters. The van der Waals surface area contributed by atoms with Crippen LogP contribution in [0.3, 0.4) is 0 Å². The quantitative estimate of drug-likeness (QED) is 0.761. The Bertz CT molecular complexity index is 865. The number of methoxy groups -OCH3 is 1. The molecule has 0 aliphatic carbocycles. The predicted octanol–water partition coefficient (Wildman–Crippen LogP) is 3.26. The largest absolute Gasteiger partial charge is 0.465 e. The summed E-state index contributed by atoms with van der Waals surface area (Å²) in [6.07, 6.45) is 0. The summed E-state index contributed by atoms with van der Waals surface area (Å²) in [4.78, 5) is 11.7. The van der Waals surface area contributed by atoms with Crippen molar-refractivity contribution in [2.75, 3.05) is 14.2 Å². The molecule has 5 nitrogen and oxygen atoms in total. The SMILES string of the molecule is COC(=O)c1ccc(S(=O)(=O)N(C)Cc2ccccc2Cl)c(C)c1. The lowest BCUT2D eigenvalue weighted by Gasteiger charge is -2.19. The first kappa shape index (κ1) is 18.4. The summed E-state index contributed by atoms with van der Waals surface area (Å²) >= 11 is 6.09. The van der Waals surface area contributed by atoms with Crippen molar-refractivity contribution in [1.29, 1.82) is 0 Å². The third-order valence-electron chi connectivity index (χ3n) is 3.64. The minimum atomic E-state index is -3.71. The van der Waals surface area contributed by atoms with Crippen molar-refractivity contribution in [2.24, 2.45) is 0 Å². The van der Waals surface area contributed by atoms with Crippen LogP contribution in [-0.2, 0) is 21.3 Å². The van der Waals surface area contributed by atoms with E-state index in [2.05, 4.69) is 4.74 Å². The van der Waals surface area contributed by atoms with Crippen molar-refractivity contribution in [1.82, 2.24) is 4.31 Å². The van der Waals surface area contributed by atoms with Gasteiger partial charge in [0.2, 0.25) is 10.0 Å². The number of nitrogens with zero attached hydrogens (tertiary/aromatic N) is 1. The van der Waals surface area contributed by atoms with Gasteiger partial charge in [-0.05, 0) is 42.3 Å². The molecule has 0 radical (unpaired) electrons.